The normalized spacial score (nSPS) is 15.6. The van der Waals surface area contributed by atoms with Crippen LogP contribution >= 0.6 is 11.6 Å². The number of hydrogen-bond donors (Lipinski definition) is 2. The molecule has 0 spiro atoms. The first kappa shape index (κ1) is 40.4. The summed E-state index contributed by atoms with van der Waals surface area (Å²) in [6, 6.07) is 20.0. The molecule has 2 aliphatic rings. The zero-order chi connectivity index (χ0) is 40.1. The molecule has 2 amide bonds. The van der Waals surface area contributed by atoms with Crippen molar-refractivity contribution < 1.29 is 14.3 Å². The number of primary amides is 1. The van der Waals surface area contributed by atoms with E-state index in [1.165, 1.54) is 5.56 Å². The van der Waals surface area contributed by atoms with Crippen LogP contribution in [-0.4, -0.2) is 93.3 Å². The second-order valence-corrected chi connectivity index (χ2v) is 15.7. The smallest absolute Gasteiger partial charge is 0.254 e. The number of aryl methyl sites for hydroxylation is 3. The number of amides is 2. The quantitative estimate of drug-likeness (QED) is 0.120. The molecule has 3 aromatic carbocycles. The molecular formula is C45H55ClN8O3. The predicted molar refractivity (Wildman–Crippen MR) is 228 cm³/mol. The average Bonchev–Trinajstić information content (AvgIpc) is 3.65. The van der Waals surface area contributed by atoms with Crippen molar-refractivity contribution in [3.8, 4) is 11.1 Å². The van der Waals surface area contributed by atoms with Crippen molar-refractivity contribution in [1.29, 1.82) is 0 Å². The summed E-state index contributed by atoms with van der Waals surface area (Å²) < 4.78 is 7.62. The van der Waals surface area contributed by atoms with Crippen LogP contribution in [0.2, 0.25) is 5.02 Å². The molecule has 11 nitrogen and oxygen atoms in total. The number of piperazine rings is 1. The van der Waals surface area contributed by atoms with E-state index < -0.39 is 5.91 Å². The Bertz CT molecular complexity index is 2220. The van der Waals surface area contributed by atoms with Gasteiger partial charge < -0.3 is 25.6 Å². The van der Waals surface area contributed by atoms with Crippen molar-refractivity contribution in [3.63, 3.8) is 0 Å². The number of pyridine rings is 1. The van der Waals surface area contributed by atoms with Crippen LogP contribution in [0, 0.1) is 6.92 Å². The van der Waals surface area contributed by atoms with E-state index in [2.05, 4.69) is 71.3 Å². The fraction of sp³-hybridized carbons (Fsp3) is 0.422. The predicted octanol–water partition coefficient (Wildman–Crippen LogP) is 7.31. The highest BCUT2D eigenvalue weighted by Crippen LogP contribution is 2.35. The lowest BCUT2D eigenvalue weighted by molar-refractivity contribution is 0.0729. The highest BCUT2D eigenvalue weighted by molar-refractivity contribution is 6.33. The number of nitrogens with two attached hydrogens (primary N) is 1. The molecule has 300 valence electrons. The fourth-order valence-corrected chi connectivity index (χ4v) is 8.40. The number of nitrogens with one attached hydrogen (secondary N) is 1. The molecule has 0 saturated carbocycles. The molecule has 4 heterocycles. The van der Waals surface area contributed by atoms with E-state index in [1.54, 1.807) is 12.1 Å². The van der Waals surface area contributed by atoms with Crippen LogP contribution in [-0.2, 0) is 37.3 Å². The number of ether oxygens (including phenoxy) is 1. The minimum atomic E-state index is -0.578. The van der Waals surface area contributed by atoms with Crippen LogP contribution in [0.3, 0.4) is 0 Å². The third kappa shape index (κ3) is 9.33. The monoisotopic (exact) mass is 790 g/mol. The summed E-state index contributed by atoms with van der Waals surface area (Å²) in [5, 5.41) is 10.1. The summed E-state index contributed by atoms with van der Waals surface area (Å²) >= 11 is 6.94. The molecule has 0 atom stereocenters. The first-order valence-corrected chi connectivity index (χ1v) is 20.8. The third-order valence-corrected chi connectivity index (χ3v) is 11.7. The maximum absolute atomic E-state index is 14.9. The van der Waals surface area contributed by atoms with Gasteiger partial charge in [0.1, 0.15) is 0 Å². The zero-order valence-corrected chi connectivity index (χ0v) is 34.4. The van der Waals surface area contributed by atoms with E-state index in [4.69, 9.17) is 27.1 Å². The number of hydrogen-bond acceptors (Lipinski definition) is 8. The Morgan fingerprint density at radius 2 is 1.67 bits per heavy atom. The van der Waals surface area contributed by atoms with Gasteiger partial charge in [-0.15, -0.1) is 0 Å². The molecule has 5 aromatic rings. The number of carbonyl (C=O) groups excluding carboxylic acids is 2. The van der Waals surface area contributed by atoms with Crippen LogP contribution in [0.25, 0.3) is 22.2 Å². The van der Waals surface area contributed by atoms with Gasteiger partial charge >= 0.3 is 0 Å². The number of anilines is 1. The molecule has 3 N–H and O–H groups in total. The summed E-state index contributed by atoms with van der Waals surface area (Å²) in [6.07, 6.45) is 4.29. The van der Waals surface area contributed by atoms with Gasteiger partial charge in [-0.1, -0.05) is 49.7 Å². The van der Waals surface area contributed by atoms with Gasteiger partial charge in [-0.2, -0.15) is 5.10 Å². The largest absolute Gasteiger partial charge is 0.381 e. The summed E-state index contributed by atoms with van der Waals surface area (Å²) in [7, 11) is 0. The van der Waals surface area contributed by atoms with Gasteiger partial charge in [0.15, 0.2) is 5.65 Å². The van der Waals surface area contributed by atoms with Crippen LogP contribution in [0.5, 0.6) is 0 Å². The number of rotatable bonds is 14. The van der Waals surface area contributed by atoms with Crippen molar-refractivity contribution in [3.05, 3.63) is 111 Å². The van der Waals surface area contributed by atoms with Gasteiger partial charge in [0.25, 0.3) is 5.91 Å². The topological polar surface area (TPSA) is 122 Å². The Balaban J connectivity index is 1.27. The van der Waals surface area contributed by atoms with E-state index >= 15 is 0 Å². The molecule has 12 heteroatoms. The van der Waals surface area contributed by atoms with Crippen molar-refractivity contribution >= 4 is 40.1 Å². The number of benzene rings is 3. The molecule has 2 saturated heterocycles. The summed E-state index contributed by atoms with van der Waals surface area (Å²) in [5.41, 5.74) is 14.9. The summed E-state index contributed by atoms with van der Waals surface area (Å²) in [4.78, 5) is 39.2. The van der Waals surface area contributed by atoms with Gasteiger partial charge in [0.2, 0.25) is 5.91 Å². The number of likely N-dealkylation sites (N-methyl/N-ethyl adjacent to an activating group) is 1. The average molecular weight is 791 g/mol. The standard InChI is InChI=1S/C45H55ClN8O3/c1-5-41-39(42(49-36-13-19-57-20-14-36)38-26-48-54(7-3)44(38)50-41)29-53(45(56)35-22-30(4)21-34(25-35)43(47)55)28-32-11-12-40(46)37(24-32)33-10-8-9-31(23-33)27-52-17-15-51(6-2)16-18-52/h8-12,21-26,36H,5-7,13-20,27-29H2,1-4H3,(H2,47,55)(H,49,50). The fourth-order valence-electron chi connectivity index (χ4n) is 8.17. The van der Waals surface area contributed by atoms with Crippen molar-refractivity contribution in [1.82, 2.24) is 29.5 Å². The minimum absolute atomic E-state index is 0.201. The number of halogens is 1. The maximum Gasteiger partial charge on any atom is 0.254 e. The minimum Gasteiger partial charge on any atom is -0.381 e. The molecule has 2 aliphatic heterocycles. The van der Waals surface area contributed by atoms with Crippen LogP contribution < -0.4 is 11.1 Å². The Kier molecular flexibility index (Phi) is 12.9. The molecule has 2 fully saturated rings. The SMILES string of the molecule is CCc1nc2c(cnn2CC)c(NC2CCOCC2)c1CN(Cc1ccc(Cl)c(-c2cccc(CN3CCN(CC)CC3)c2)c1)C(=O)c1cc(C)cc(C(N)=O)c1. The summed E-state index contributed by atoms with van der Waals surface area (Å²) in [5.74, 6) is -0.794. The lowest BCUT2D eigenvalue weighted by Gasteiger charge is -2.34. The first-order valence-electron chi connectivity index (χ1n) is 20.4. The number of fused-ring (bicyclic) bond motifs is 1. The van der Waals surface area contributed by atoms with Gasteiger partial charge in [0, 0.05) is 98.0 Å². The zero-order valence-electron chi connectivity index (χ0n) is 33.7. The second kappa shape index (κ2) is 18.2. The molecule has 0 aliphatic carbocycles. The second-order valence-electron chi connectivity index (χ2n) is 15.3. The van der Waals surface area contributed by atoms with Crippen LogP contribution in [0.15, 0.2) is 66.9 Å². The number of carbonyl (C=O) groups is 2. The van der Waals surface area contributed by atoms with Crippen molar-refractivity contribution in [2.24, 2.45) is 5.73 Å². The van der Waals surface area contributed by atoms with Gasteiger partial charge in [0.05, 0.1) is 23.8 Å². The molecule has 0 unspecified atom stereocenters. The van der Waals surface area contributed by atoms with Gasteiger partial charge in [-0.25, -0.2) is 9.67 Å². The van der Waals surface area contributed by atoms with E-state index in [-0.39, 0.29) is 25.0 Å². The van der Waals surface area contributed by atoms with E-state index in [1.807, 2.05) is 40.9 Å². The maximum atomic E-state index is 14.9. The first-order chi connectivity index (χ1) is 27.6. The van der Waals surface area contributed by atoms with E-state index in [0.717, 1.165) is 102 Å². The molecule has 7 rings (SSSR count). The molecular weight excluding hydrogens is 736 g/mol. The molecule has 57 heavy (non-hydrogen) atoms. The van der Waals surface area contributed by atoms with Crippen LogP contribution in [0.1, 0.15) is 82.3 Å². The van der Waals surface area contributed by atoms with Gasteiger partial charge in [-0.05, 0) is 98.3 Å². The molecule has 0 radical (unpaired) electrons. The summed E-state index contributed by atoms with van der Waals surface area (Å²) in [6.45, 7) is 17.1. The van der Waals surface area contributed by atoms with Crippen molar-refractivity contribution in [2.75, 3.05) is 51.3 Å². The van der Waals surface area contributed by atoms with Crippen molar-refractivity contribution in [2.45, 2.75) is 79.2 Å². The Hall–Kier alpha value is -4.81. The van der Waals surface area contributed by atoms with E-state index in [9.17, 15) is 9.59 Å². The van der Waals surface area contributed by atoms with Gasteiger partial charge in [-0.3, -0.25) is 14.5 Å². The Morgan fingerprint density at radius 1 is 0.912 bits per heavy atom. The Morgan fingerprint density at radius 3 is 2.39 bits per heavy atom. The lowest BCUT2D eigenvalue weighted by atomic mass is 9.99. The lowest BCUT2D eigenvalue weighted by Crippen LogP contribution is -2.45. The highest BCUT2D eigenvalue weighted by Gasteiger charge is 2.26. The highest BCUT2D eigenvalue weighted by atomic mass is 35.5. The van der Waals surface area contributed by atoms with E-state index in [0.29, 0.717) is 42.3 Å². The van der Waals surface area contributed by atoms with Crippen LogP contribution in [0.4, 0.5) is 5.69 Å². The molecule has 0 bridgehead atoms. The number of nitrogens with zero attached hydrogens (tertiary/aromatic N) is 6. The third-order valence-electron chi connectivity index (χ3n) is 11.4. The molecule has 2 aromatic heterocycles. The number of aromatic nitrogens is 3. The Labute approximate surface area is 341 Å².